The van der Waals surface area contributed by atoms with Gasteiger partial charge in [0.15, 0.2) is 0 Å². The number of nitro groups is 1. The Bertz CT molecular complexity index is 605. The summed E-state index contributed by atoms with van der Waals surface area (Å²) < 4.78 is 0. The van der Waals surface area contributed by atoms with Gasteiger partial charge in [0.2, 0.25) is 5.91 Å². The van der Waals surface area contributed by atoms with E-state index in [1.165, 1.54) is 6.07 Å². The molecule has 2 rings (SSSR count). The number of aliphatic hydroxyl groups is 1. The van der Waals surface area contributed by atoms with Crippen molar-refractivity contribution in [2.24, 2.45) is 5.92 Å². The number of hydrogen-bond donors (Lipinski definition) is 2. The normalized spacial score (nSPS) is 20.3. The lowest BCUT2D eigenvalue weighted by atomic mass is 10.1. The Morgan fingerprint density at radius 2 is 2.21 bits per heavy atom. The largest absolute Gasteiger partial charge is 0.393 e. The van der Waals surface area contributed by atoms with Crippen LogP contribution in [0.25, 0.3) is 0 Å². The Kier molecular flexibility index (Phi) is 6.28. The van der Waals surface area contributed by atoms with E-state index in [0.717, 1.165) is 25.8 Å². The minimum absolute atomic E-state index is 0.000129. The summed E-state index contributed by atoms with van der Waals surface area (Å²) in [4.78, 5) is 24.6. The van der Waals surface area contributed by atoms with Crippen LogP contribution in [0.2, 0.25) is 0 Å². The molecule has 1 aromatic carbocycles. The summed E-state index contributed by atoms with van der Waals surface area (Å²) >= 11 is 0. The minimum atomic E-state index is -0.453. The second-order valence-corrected chi connectivity index (χ2v) is 6.53. The van der Waals surface area contributed by atoms with Crippen LogP contribution < -0.4 is 5.32 Å². The molecule has 0 saturated heterocycles. The summed E-state index contributed by atoms with van der Waals surface area (Å²) in [5.74, 6) is 0.120. The highest BCUT2D eigenvalue weighted by atomic mass is 16.6. The molecule has 0 bridgehead atoms. The van der Waals surface area contributed by atoms with E-state index in [4.69, 9.17) is 0 Å². The Balaban J connectivity index is 1.83. The fraction of sp³-hybridized carbons (Fsp3) is 0.588. The lowest BCUT2D eigenvalue weighted by Gasteiger charge is -2.22. The highest BCUT2D eigenvalue weighted by Crippen LogP contribution is 2.26. The average molecular weight is 335 g/mol. The number of nitrogens with one attached hydrogen (secondary N) is 1. The molecule has 1 fully saturated rings. The highest BCUT2D eigenvalue weighted by Gasteiger charge is 2.26. The number of aliphatic hydroxyl groups excluding tert-OH is 1. The van der Waals surface area contributed by atoms with Gasteiger partial charge in [0.25, 0.3) is 5.69 Å². The molecular weight excluding hydrogens is 310 g/mol. The molecule has 1 aromatic rings. The zero-order valence-electron chi connectivity index (χ0n) is 14.2. The molecule has 0 aliphatic heterocycles. The van der Waals surface area contributed by atoms with Gasteiger partial charge in [-0.15, -0.1) is 0 Å². The van der Waals surface area contributed by atoms with Crippen molar-refractivity contribution in [3.05, 3.63) is 33.9 Å². The minimum Gasteiger partial charge on any atom is -0.393 e. The third kappa shape index (κ3) is 4.75. The van der Waals surface area contributed by atoms with Crippen molar-refractivity contribution in [3.8, 4) is 0 Å². The smallest absolute Gasteiger partial charge is 0.274 e. The predicted octanol–water partition coefficient (Wildman–Crippen LogP) is 2.32. The molecule has 1 aliphatic carbocycles. The maximum Gasteiger partial charge on any atom is 0.274 e. The van der Waals surface area contributed by atoms with Gasteiger partial charge in [-0.05, 0) is 38.8 Å². The summed E-state index contributed by atoms with van der Waals surface area (Å²) in [7, 11) is 1.94. The maximum absolute atomic E-state index is 12.1. The second kappa shape index (κ2) is 8.21. The fourth-order valence-corrected chi connectivity index (χ4v) is 3.18. The maximum atomic E-state index is 12.1. The Morgan fingerprint density at radius 3 is 2.83 bits per heavy atom. The van der Waals surface area contributed by atoms with Gasteiger partial charge in [-0.25, -0.2) is 0 Å². The van der Waals surface area contributed by atoms with Crippen molar-refractivity contribution in [2.45, 2.75) is 38.7 Å². The van der Waals surface area contributed by atoms with E-state index >= 15 is 0 Å². The van der Waals surface area contributed by atoms with Crippen molar-refractivity contribution in [1.29, 1.82) is 0 Å². The third-order valence-corrected chi connectivity index (χ3v) is 4.66. The molecule has 2 unspecified atom stereocenters. The van der Waals surface area contributed by atoms with Crippen LogP contribution in [-0.4, -0.2) is 47.1 Å². The molecule has 24 heavy (non-hydrogen) atoms. The molecule has 0 spiro atoms. The van der Waals surface area contributed by atoms with Crippen LogP contribution in [0.4, 0.5) is 11.4 Å². The predicted molar refractivity (Wildman–Crippen MR) is 91.9 cm³/mol. The topological polar surface area (TPSA) is 95.7 Å². The van der Waals surface area contributed by atoms with Gasteiger partial charge >= 0.3 is 0 Å². The molecule has 132 valence electrons. The summed E-state index contributed by atoms with van der Waals surface area (Å²) in [5, 5.41) is 23.5. The molecule has 1 aliphatic rings. The van der Waals surface area contributed by atoms with Crippen LogP contribution in [0.3, 0.4) is 0 Å². The molecule has 1 amide bonds. The molecule has 0 radical (unpaired) electrons. The van der Waals surface area contributed by atoms with Crippen LogP contribution >= 0.6 is 0 Å². The van der Waals surface area contributed by atoms with Gasteiger partial charge in [0, 0.05) is 25.6 Å². The van der Waals surface area contributed by atoms with Gasteiger partial charge in [-0.3, -0.25) is 14.9 Å². The third-order valence-electron chi connectivity index (χ3n) is 4.66. The first-order valence-corrected chi connectivity index (χ1v) is 8.29. The fourth-order valence-electron chi connectivity index (χ4n) is 3.18. The zero-order chi connectivity index (χ0) is 17.7. The molecule has 0 aromatic heterocycles. The number of carbonyl (C=O) groups excluding carboxylic acids is 1. The first kappa shape index (κ1) is 18.4. The van der Waals surface area contributed by atoms with Gasteiger partial charge in [-0.2, -0.15) is 0 Å². The van der Waals surface area contributed by atoms with Gasteiger partial charge in [-0.1, -0.05) is 12.5 Å². The average Bonchev–Trinajstić information content (AvgIpc) is 2.92. The van der Waals surface area contributed by atoms with E-state index in [9.17, 15) is 20.0 Å². The number of anilines is 1. The van der Waals surface area contributed by atoms with Crippen molar-refractivity contribution < 1.29 is 14.8 Å². The van der Waals surface area contributed by atoms with Gasteiger partial charge in [0.05, 0.1) is 22.3 Å². The molecule has 0 heterocycles. The van der Waals surface area contributed by atoms with E-state index < -0.39 is 4.92 Å². The van der Waals surface area contributed by atoms with Crippen molar-refractivity contribution in [2.75, 3.05) is 25.5 Å². The molecular formula is C17H25N3O4. The Hall–Kier alpha value is -1.99. The number of nitrogens with zero attached hydrogens (tertiary/aromatic N) is 2. The zero-order valence-corrected chi connectivity index (χ0v) is 14.2. The van der Waals surface area contributed by atoms with Crippen LogP contribution in [0.15, 0.2) is 18.2 Å². The summed E-state index contributed by atoms with van der Waals surface area (Å²) in [6.45, 7) is 2.99. The quantitative estimate of drug-likeness (QED) is 0.589. The Labute approximate surface area is 141 Å². The highest BCUT2D eigenvalue weighted by molar-refractivity contribution is 5.92. The van der Waals surface area contributed by atoms with E-state index in [1.807, 2.05) is 7.05 Å². The monoisotopic (exact) mass is 335 g/mol. The lowest BCUT2D eigenvalue weighted by Crippen LogP contribution is -2.32. The first-order chi connectivity index (χ1) is 11.4. The van der Waals surface area contributed by atoms with Crippen LogP contribution in [0.1, 0.15) is 31.2 Å². The Morgan fingerprint density at radius 1 is 1.46 bits per heavy atom. The number of nitro benzene ring substituents is 1. The summed E-state index contributed by atoms with van der Waals surface area (Å²) in [6, 6.07) is 4.65. The van der Waals surface area contributed by atoms with Gasteiger partial charge < -0.3 is 15.3 Å². The standard InChI is InChI=1S/C17H25N3O4/c1-12-14(6-4-7-15(12)20(23)24)18-17(22)9-10-19(2)11-13-5-3-8-16(13)21/h4,6-7,13,16,21H,3,5,8-11H2,1-2H3,(H,18,22). The first-order valence-electron chi connectivity index (χ1n) is 8.29. The summed E-state index contributed by atoms with van der Waals surface area (Å²) in [6.07, 6.45) is 3.04. The molecule has 2 N–H and O–H groups in total. The van der Waals surface area contributed by atoms with Crippen molar-refractivity contribution in [1.82, 2.24) is 4.90 Å². The van der Waals surface area contributed by atoms with Crippen LogP contribution in [0.5, 0.6) is 0 Å². The summed E-state index contributed by atoms with van der Waals surface area (Å²) in [5.41, 5.74) is 0.932. The number of rotatable bonds is 7. The lowest BCUT2D eigenvalue weighted by molar-refractivity contribution is -0.385. The second-order valence-electron chi connectivity index (χ2n) is 6.53. The van der Waals surface area contributed by atoms with E-state index in [2.05, 4.69) is 10.2 Å². The van der Waals surface area contributed by atoms with E-state index in [1.54, 1.807) is 19.1 Å². The number of hydrogen-bond acceptors (Lipinski definition) is 5. The molecule has 7 heteroatoms. The number of benzene rings is 1. The van der Waals surface area contributed by atoms with Crippen molar-refractivity contribution in [3.63, 3.8) is 0 Å². The molecule has 1 saturated carbocycles. The van der Waals surface area contributed by atoms with Crippen molar-refractivity contribution >= 4 is 17.3 Å². The van der Waals surface area contributed by atoms with Crippen LogP contribution in [-0.2, 0) is 4.79 Å². The molecule has 7 nitrogen and oxygen atoms in total. The van der Waals surface area contributed by atoms with E-state index in [-0.39, 0.29) is 23.6 Å². The number of carbonyl (C=O) groups is 1. The van der Waals surface area contributed by atoms with E-state index in [0.29, 0.717) is 24.2 Å². The van der Waals surface area contributed by atoms with Crippen LogP contribution in [0, 0.1) is 23.0 Å². The SMILES string of the molecule is Cc1c(NC(=O)CCN(C)CC2CCCC2O)cccc1[N+](=O)[O-]. The number of amides is 1. The molecule has 2 atom stereocenters. The van der Waals surface area contributed by atoms with Gasteiger partial charge in [0.1, 0.15) is 0 Å².